The molecule has 0 unspecified atom stereocenters. The fourth-order valence-corrected chi connectivity index (χ4v) is 4.55. The Kier molecular flexibility index (Phi) is 9.44. The molecule has 2 heterocycles. The first-order valence-electron chi connectivity index (χ1n) is 11.6. The van der Waals surface area contributed by atoms with Crippen LogP contribution in [0.4, 0.5) is 15.3 Å². The molecule has 11 heteroatoms. The maximum atomic E-state index is 13.1. The Balaban J connectivity index is 1.63. The Morgan fingerprint density at radius 3 is 2.40 bits per heavy atom. The van der Waals surface area contributed by atoms with E-state index in [1.54, 1.807) is 34.1 Å². The third-order valence-corrected chi connectivity index (χ3v) is 6.59. The Hall–Kier alpha value is -3.18. The highest BCUT2D eigenvalue weighted by atomic mass is 32.1. The van der Waals surface area contributed by atoms with Crippen molar-refractivity contribution in [1.29, 1.82) is 0 Å². The number of carbonyl (C=O) groups is 3. The molecule has 35 heavy (non-hydrogen) atoms. The first kappa shape index (κ1) is 26.4. The van der Waals surface area contributed by atoms with Gasteiger partial charge in [0.25, 0.3) is 5.91 Å². The van der Waals surface area contributed by atoms with Gasteiger partial charge in [0.05, 0.1) is 19.8 Å². The average Bonchev–Trinajstić information content (AvgIpc) is 3.32. The normalized spacial score (nSPS) is 13.5. The van der Waals surface area contributed by atoms with Crippen LogP contribution in [-0.4, -0.2) is 90.8 Å². The number of nitrogens with zero attached hydrogens (tertiary/aromatic N) is 4. The number of amides is 4. The predicted molar refractivity (Wildman–Crippen MR) is 134 cm³/mol. The Morgan fingerprint density at radius 2 is 1.77 bits per heavy atom. The Morgan fingerprint density at radius 1 is 1.11 bits per heavy atom. The van der Waals surface area contributed by atoms with Crippen LogP contribution >= 0.6 is 11.3 Å². The summed E-state index contributed by atoms with van der Waals surface area (Å²) in [6.07, 6.45) is -0.356. The third-order valence-electron chi connectivity index (χ3n) is 5.76. The molecule has 4 amide bonds. The van der Waals surface area contributed by atoms with Crippen LogP contribution in [0.5, 0.6) is 0 Å². The molecule has 2 aromatic rings. The minimum atomic E-state index is -0.356. The minimum absolute atomic E-state index is 0.181. The van der Waals surface area contributed by atoms with Crippen molar-refractivity contribution in [3.8, 4) is 0 Å². The number of aryl methyl sites for hydroxylation is 2. The number of carbonyl (C=O) groups excluding carboxylic acids is 3. The summed E-state index contributed by atoms with van der Waals surface area (Å²) in [4.78, 5) is 47.3. The van der Waals surface area contributed by atoms with Crippen molar-refractivity contribution >= 4 is 35.1 Å². The highest BCUT2D eigenvalue weighted by molar-refractivity contribution is 7.09. The summed E-state index contributed by atoms with van der Waals surface area (Å²) in [5.74, 6) is -0.181. The van der Waals surface area contributed by atoms with Gasteiger partial charge in [-0.1, -0.05) is 18.2 Å². The fraction of sp³-hybridized carbons (Fsp3) is 0.500. The van der Waals surface area contributed by atoms with Gasteiger partial charge in [-0.25, -0.2) is 14.6 Å². The number of aromatic nitrogens is 1. The monoisotopic (exact) mass is 503 g/mol. The number of methoxy groups -OCH3 is 1. The zero-order chi connectivity index (χ0) is 25.4. The first-order valence-corrected chi connectivity index (χ1v) is 12.5. The van der Waals surface area contributed by atoms with Crippen molar-refractivity contribution in [2.75, 3.05) is 58.4 Å². The number of ether oxygens (including phenoxy) is 2. The summed E-state index contributed by atoms with van der Waals surface area (Å²) in [6.45, 7) is 8.69. The molecule has 0 bridgehead atoms. The van der Waals surface area contributed by atoms with Gasteiger partial charge in [0.1, 0.15) is 10.7 Å². The van der Waals surface area contributed by atoms with Crippen molar-refractivity contribution in [3.63, 3.8) is 0 Å². The van der Waals surface area contributed by atoms with Crippen molar-refractivity contribution < 1.29 is 23.9 Å². The lowest BCUT2D eigenvalue weighted by Gasteiger charge is -2.33. The number of rotatable bonds is 8. The molecular weight excluding hydrogens is 470 g/mol. The molecule has 1 aromatic carbocycles. The van der Waals surface area contributed by atoms with Crippen LogP contribution in [0.1, 0.15) is 33.5 Å². The van der Waals surface area contributed by atoms with Gasteiger partial charge in [0, 0.05) is 50.9 Å². The molecule has 1 aliphatic heterocycles. The minimum Gasteiger partial charge on any atom is -0.450 e. The van der Waals surface area contributed by atoms with Gasteiger partial charge in [-0.3, -0.25) is 4.79 Å². The van der Waals surface area contributed by atoms with E-state index in [-0.39, 0.29) is 24.6 Å². The molecule has 1 saturated heterocycles. The molecule has 0 spiro atoms. The number of piperazine rings is 1. The van der Waals surface area contributed by atoms with Crippen LogP contribution in [0.15, 0.2) is 23.6 Å². The number of nitrogens with one attached hydrogen (secondary N) is 1. The fourth-order valence-electron chi connectivity index (χ4n) is 3.77. The number of benzene rings is 1. The lowest BCUT2D eigenvalue weighted by molar-refractivity contribution is 0.0566. The number of anilines is 1. The van der Waals surface area contributed by atoms with Crippen LogP contribution in [-0.2, 0) is 16.0 Å². The van der Waals surface area contributed by atoms with Crippen LogP contribution in [0.3, 0.4) is 0 Å². The van der Waals surface area contributed by atoms with Gasteiger partial charge < -0.3 is 29.5 Å². The van der Waals surface area contributed by atoms with E-state index in [0.29, 0.717) is 56.6 Å². The highest BCUT2D eigenvalue weighted by Crippen LogP contribution is 2.21. The van der Waals surface area contributed by atoms with E-state index in [0.717, 1.165) is 16.8 Å². The summed E-state index contributed by atoms with van der Waals surface area (Å²) in [5.41, 5.74) is 3.10. The van der Waals surface area contributed by atoms with Crippen molar-refractivity contribution in [3.05, 3.63) is 45.4 Å². The topological polar surface area (TPSA) is 104 Å². The number of urea groups is 1. The zero-order valence-electron chi connectivity index (χ0n) is 20.7. The molecule has 1 aromatic heterocycles. The summed E-state index contributed by atoms with van der Waals surface area (Å²) < 4.78 is 10.2. The molecular formula is C24H33N5O5S. The predicted octanol–water partition coefficient (Wildman–Crippen LogP) is 3.35. The Labute approximate surface area is 209 Å². The zero-order valence-corrected chi connectivity index (χ0v) is 21.5. The lowest BCUT2D eigenvalue weighted by Crippen LogP contribution is -2.50. The molecule has 1 N–H and O–H groups in total. The molecule has 3 rings (SSSR count). The van der Waals surface area contributed by atoms with Crippen molar-refractivity contribution in [2.45, 2.75) is 27.3 Å². The van der Waals surface area contributed by atoms with E-state index in [1.165, 1.54) is 11.3 Å². The number of hydrogen-bond donors (Lipinski definition) is 1. The third kappa shape index (κ3) is 6.92. The van der Waals surface area contributed by atoms with Gasteiger partial charge in [0.15, 0.2) is 0 Å². The SMILES string of the molecule is CCOC(=O)N1CCN(C(=O)c2csc(CN(CCOC)C(=O)Nc3c(C)cccc3C)n2)CC1. The molecule has 0 atom stereocenters. The van der Waals surface area contributed by atoms with Gasteiger partial charge in [-0.15, -0.1) is 11.3 Å². The summed E-state index contributed by atoms with van der Waals surface area (Å²) in [7, 11) is 1.59. The molecule has 1 aliphatic rings. The summed E-state index contributed by atoms with van der Waals surface area (Å²) in [5, 5.41) is 5.38. The van der Waals surface area contributed by atoms with E-state index in [1.807, 2.05) is 32.0 Å². The molecule has 0 saturated carbocycles. The van der Waals surface area contributed by atoms with E-state index >= 15 is 0 Å². The second kappa shape index (κ2) is 12.5. The van der Waals surface area contributed by atoms with Gasteiger partial charge in [-0.2, -0.15) is 0 Å². The largest absolute Gasteiger partial charge is 0.450 e. The second-order valence-electron chi connectivity index (χ2n) is 8.22. The van der Waals surface area contributed by atoms with Gasteiger partial charge >= 0.3 is 12.1 Å². The molecule has 0 aliphatic carbocycles. The molecule has 10 nitrogen and oxygen atoms in total. The maximum Gasteiger partial charge on any atom is 0.409 e. The van der Waals surface area contributed by atoms with Crippen LogP contribution < -0.4 is 5.32 Å². The van der Waals surface area contributed by atoms with Crippen LogP contribution in [0, 0.1) is 13.8 Å². The molecule has 0 radical (unpaired) electrons. The summed E-state index contributed by atoms with van der Waals surface area (Å²) in [6, 6.07) is 5.60. The lowest BCUT2D eigenvalue weighted by atomic mass is 10.1. The van der Waals surface area contributed by atoms with Gasteiger partial charge in [-0.05, 0) is 31.9 Å². The number of hydrogen-bond acceptors (Lipinski definition) is 7. The highest BCUT2D eigenvalue weighted by Gasteiger charge is 2.27. The Bertz CT molecular complexity index is 1010. The quantitative estimate of drug-likeness (QED) is 0.592. The van der Waals surface area contributed by atoms with E-state index in [9.17, 15) is 14.4 Å². The van der Waals surface area contributed by atoms with Crippen LogP contribution in [0.25, 0.3) is 0 Å². The van der Waals surface area contributed by atoms with E-state index in [4.69, 9.17) is 9.47 Å². The summed E-state index contributed by atoms with van der Waals surface area (Å²) >= 11 is 1.34. The van der Waals surface area contributed by atoms with Crippen molar-refractivity contribution in [2.24, 2.45) is 0 Å². The maximum absolute atomic E-state index is 13.1. The average molecular weight is 504 g/mol. The molecule has 1 fully saturated rings. The first-order chi connectivity index (χ1) is 16.8. The molecule has 190 valence electrons. The number of para-hydroxylation sites is 1. The second-order valence-corrected chi connectivity index (χ2v) is 9.16. The van der Waals surface area contributed by atoms with E-state index in [2.05, 4.69) is 10.3 Å². The number of thiazole rings is 1. The smallest absolute Gasteiger partial charge is 0.409 e. The van der Waals surface area contributed by atoms with Crippen molar-refractivity contribution in [1.82, 2.24) is 19.7 Å². The van der Waals surface area contributed by atoms with Gasteiger partial charge in [0.2, 0.25) is 0 Å². The van der Waals surface area contributed by atoms with E-state index < -0.39 is 0 Å². The standard InChI is InChI=1S/C24H33N5O5S/c1-5-34-24(32)28-11-9-27(10-12-28)22(30)19-16-35-20(25-19)15-29(13-14-33-4)23(31)26-21-17(2)7-6-8-18(21)3/h6-8,16H,5,9-15H2,1-4H3,(H,26,31). The van der Waals surface area contributed by atoms with Crippen LogP contribution in [0.2, 0.25) is 0 Å².